The fourth-order valence-corrected chi connectivity index (χ4v) is 2.60. The van der Waals surface area contributed by atoms with E-state index in [1.807, 2.05) is 26.0 Å². The van der Waals surface area contributed by atoms with Crippen molar-refractivity contribution in [2.45, 2.75) is 20.8 Å². The Morgan fingerprint density at radius 3 is 2.32 bits per heavy atom. The number of aryl methyl sites for hydroxylation is 2. The van der Waals surface area contributed by atoms with Crippen molar-refractivity contribution in [3.8, 4) is 11.5 Å². The lowest BCUT2D eigenvalue weighted by molar-refractivity contribution is -0.150. The smallest absolute Gasteiger partial charge is 0.344 e. The number of carbonyl (C=O) groups is 4. The number of amides is 3. The molecule has 3 amide bonds. The summed E-state index contributed by atoms with van der Waals surface area (Å²) in [6, 6.07) is 9.23. The number of methoxy groups -OCH3 is 1. The van der Waals surface area contributed by atoms with Gasteiger partial charge >= 0.3 is 12.0 Å². The van der Waals surface area contributed by atoms with E-state index >= 15 is 0 Å². The van der Waals surface area contributed by atoms with Gasteiger partial charge in [-0.2, -0.15) is 0 Å². The fourth-order valence-electron chi connectivity index (χ4n) is 2.60. The van der Waals surface area contributed by atoms with Gasteiger partial charge in [0.25, 0.3) is 5.91 Å². The molecule has 9 heteroatoms. The predicted octanol–water partition coefficient (Wildman–Crippen LogP) is 2.78. The van der Waals surface area contributed by atoms with Crippen molar-refractivity contribution in [1.29, 1.82) is 0 Å². The number of esters is 1. The van der Waals surface area contributed by atoms with E-state index in [-0.39, 0.29) is 17.3 Å². The standard InChI is InChI=1S/C22H24N2O7/c1-13-5-7-17(14(2)9-13)23-22(28)24-20(26)11-31-21(27)12-30-18-8-6-16(15(3)25)10-19(18)29-4/h5-10H,11-12H2,1-4H3,(H2,23,24,26,28). The molecule has 0 bridgehead atoms. The molecular weight excluding hydrogens is 404 g/mol. The van der Waals surface area contributed by atoms with Gasteiger partial charge in [0.15, 0.2) is 30.5 Å². The van der Waals surface area contributed by atoms with Gasteiger partial charge < -0.3 is 19.5 Å². The van der Waals surface area contributed by atoms with E-state index in [1.54, 1.807) is 6.07 Å². The van der Waals surface area contributed by atoms with Crippen LogP contribution in [0.5, 0.6) is 11.5 Å². The lowest BCUT2D eigenvalue weighted by Crippen LogP contribution is -2.37. The average molecular weight is 428 g/mol. The number of urea groups is 1. The number of rotatable bonds is 8. The number of benzene rings is 2. The first-order valence-electron chi connectivity index (χ1n) is 9.35. The van der Waals surface area contributed by atoms with E-state index in [1.165, 1.54) is 32.2 Å². The minimum Gasteiger partial charge on any atom is -0.493 e. The summed E-state index contributed by atoms with van der Waals surface area (Å²) in [4.78, 5) is 47.0. The minimum atomic E-state index is -0.817. The van der Waals surface area contributed by atoms with Crippen LogP contribution in [-0.4, -0.2) is 44.0 Å². The van der Waals surface area contributed by atoms with E-state index in [2.05, 4.69) is 10.6 Å². The number of nitrogens with one attached hydrogen (secondary N) is 2. The topological polar surface area (TPSA) is 120 Å². The number of Topliss-reactive ketones (excluding diaryl/α,β-unsaturated/α-hetero) is 1. The van der Waals surface area contributed by atoms with Crippen LogP contribution in [0.1, 0.15) is 28.4 Å². The summed E-state index contributed by atoms with van der Waals surface area (Å²) in [6.07, 6.45) is 0. The van der Waals surface area contributed by atoms with Gasteiger partial charge in [-0.25, -0.2) is 9.59 Å². The van der Waals surface area contributed by atoms with Crippen LogP contribution < -0.4 is 20.1 Å². The van der Waals surface area contributed by atoms with Crippen LogP contribution in [0.4, 0.5) is 10.5 Å². The Morgan fingerprint density at radius 2 is 1.68 bits per heavy atom. The summed E-state index contributed by atoms with van der Waals surface area (Å²) in [5.74, 6) is -1.23. The molecule has 0 saturated carbocycles. The number of imide groups is 1. The Balaban J connectivity index is 1.78. The van der Waals surface area contributed by atoms with Gasteiger partial charge in [0.2, 0.25) is 0 Å². The van der Waals surface area contributed by atoms with Crippen LogP contribution in [-0.2, 0) is 14.3 Å². The molecule has 0 radical (unpaired) electrons. The van der Waals surface area contributed by atoms with Crippen molar-refractivity contribution in [2.24, 2.45) is 0 Å². The molecule has 0 saturated heterocycles. The van der Waals surface area contributed by atoms with E-state index in [4.69, 9.17) is 14.2 Å². The molecule has 9 nitrogen and oxygen atoms in total. The molecule has 2 N–H and O–H groups in total. The van der Waals surface area contributed by atoms with Crippen LogP contribution in [0.15, 0.2) is 36.4 Å². The van der Waals surface area contributed by atoms with Gasteiger partial charge in [-0.3, -0.25) is 14.9 Å². The number of ketones is 1. The van der Waals surface area contributed by atoms with Crippen LogP contribution in [0.3, 0.4) is 0 Å². The zero-order chi connectivity index (χ0) is 23.0. The maximum atomic E-state index is 11.9. The molecule has 0 heterocycles. The molecule has 2 aromatic rings. The van der Waals surface area contributed by atoms with Crippen LogP contribution in [0.25, 0.3) is 0 Å². The molecule has 2 aromatic carbocycles. The fraction of sp³-hybridized carbons (Fsp3) is 0.273. The van der Waals surface area contributed by atoms with E-state index in [0.29, 0.717) is 11.3 Å². The molecule has 0 aromatic heterocycles. The Bertz CT molecular complexity index is 1000. The molecule has 0 atom stereocenters. The quantitative estimate of drug-likeness (QED) is 0.490. The largest absolute Gasteiger partial charge is 0.493 e. The van der Waals surface area contributed by atoms with Gasteiger partial charge in [0, 0.05) is 11.3 Å². The summed E-state index contributed by atoms with van der Waals surface area (Å²) >= 11 is 0. The normalized spacial score (nSPS) is 10.1. The third-order valence-corrected chi connectivity index (χ3v) is 4.16. The van der Waals surface area contributed by atoms with Crippen molar-refractivity contribution in [1.82, 2.24) is 5.32 Å². The molecule has 31 heavy (non-hydrogen) atoms. The van der Waals surface area contributed by atoms with Crippen LogP contribution in [0, 0.1) is 13.8 Å². The van der Waals surface area contributed by atoms with Gasteiger partial charge in [0.05, 0.1) is 7.11 Å². The first-order valence-corrected chi connectivity index (χ1v) is 9.35. The maximum absolute atomic E-state index is 11.9. The van der Waals surface area contributed by atoms with Crippen molar-refractivity contribution in [2.75, 3.05) is 25.6 Å². The minimum absolute atomic E-state index is 0.142. The zero-order valence-electron chi connectivity index (χ0n) is 17.7. The lowest BCUT2D eigenvalue weighted by atomic mass is 10.1. The molecule has 0 aliphatic carbocycles. The van der Waals surface area contributed by atoms with Crippen LogP contribution in [0.2, 0.25) is 0 Å². The molecule has 164 valence electrons. The predicted molar refractivity (Wildman–Crippen MR) is 113 cm³/mol. The lowest BCUT2D eigenvalue weighted by Gasteiger charge is -2.12. The van der Waals surface area contributed by atoms with E-state index in [9.17, 15) is 19.2 Å². The summed E-state index contributed by atoms with van der Waals surface area (Å²) in [5, 5.41) is 4.63. The zero-order valence-corrected chi connectivity index (χ0v) is 17.7. The highest BCUT2D eigenvalue weighted by atomic mass is 16.6. The molecule has 2 rings (SSSR count). The van der Waals surface area contributed by atoms with Gasteiger partial charge in [0.1, 0.15) is 0 Å². The maximum Gasteiger partial charge on any atom is 0.344 e. The van der Waals surface area contributed by atoms with Crippen molar-refractivity contribution < 1.29 is 33.4 Å². The average Bonchev–Trinajstić information content (AvgIpc) is 2.72. The number of anilines is 1. The summed E-state index contributed by atoms with van der Waals surface area (Å²) in [6.45, 7) is 4.03. The molecule has 0 spiro atoms. The second kappa shape index (κ2) is 10.8. The first-order chi connectivity index (χ1) is 14.7. The molecule has 0 unspecified atom stereocenters. The SMILES string of the molecule is COc1cc(C(C)=O)ccc1OCC(=O)OCC(=O)NC(=O)Nc1ccc(C)cc1C. The second-order valence-corrected chi connectivity index (χ2v) is 6.69. The van der Waals surface area contributed by atoms with E-state index < -0.39 is 31.1 Å². The summed E-state index contributed by atoms with van der Waals surface area (Å²) in [5.41, 5.74) is 2.88. The number of hydrogen-bond donors (Lipinski definition) is 2. The van der Waals surface area contributed by atoms with Crippen molar-refractivity contribution >= 4 is 29.4 Å². The number of hydrogen-bond acceptors (Lipinski definition) is 7. The third-order valence-electron chi connectivity index (χ3n) is 4.16. The Labute approximate surface area is 179 Å². The molecular formula is C22H24N2O7. The number of ether oxygens (including phenoxy) is 3. The Morgan fingerprint density at radius 1 is 0.935 bits per heavy atom. The second-order valence-electron chi connectivity index (χ2n) is 6.69. The Hall–Kier alpha value is -3.88. The van der Waals surface area contributed by atoms with Gasteiger partial charge in [-0.1, -0.05) is 17.7 Å². The van der Waals surface area contributed by atoms with Gasteiger partial charge in [-0.05, 0) is 50.6 Å². The van der Waals surface area contributed by atoms with Crippen molar-refractivity contribution in [3.05, 3.63) is 53.1 Å². The van der Waals surface area contributed by atoms with Gasteiger partial charge in [-0.15, -0.1) is 0 Å². The number of carbonyl (C=O) groups excluding carboxylic acids is 4. The highest BCUT2D eigenvalue weighted by Gasteiger charge is 2.14. The highest BCUT2D eigenvalue weighted by Crippen LogP contribution is 2.28. The van der Waals surface area contributed by atoms with Crippen molar-refractivity contribution in [3.63, 3.8) is 0 Å². The molecule has 0 fully saturated rings. The highest BCUT2D eigenvalue weighted by molar-refractivity contribution is 6.02. The first kappa shape index (κ1) is 23.4. The third kappa shape index (κ3) is 7.14. The molecule has 0 aliphatic rings. The summed E-state index contributed by atoms with van der Waals surface area (Å²) < 4.78 is 15.3. The Kier molecular flexibility index (Phi) is 8.13. The monoisotopic (exact) mass is 428 g/mol. The van der Waals surface area contributed by atoms with E-state index in [0.717, 1.165) is 11.1 Å². The molecule has 0 aliphatic heterocycles. The van der Waals surface area contributed by atoms with Crippen LogP contribution >= 0.6 is 0 Å². The summed E-state index contributed by atoms with van der Waals surface area (Å²) in [7, 11) is 1.40.